The van der Waals surface area contributed by atoms with E-state index in [1.165, 1.54) is 0 Å². The average molecular weight is 240 g/mol. The number of amides is 1. The molecule has 1 atom stereocenters. The molecule has 0 aliphatic carbocycles. The number of nitrogens with one attached hydrogen (secondary N) is 1. The van der Waals surface area contributed by atoms with Crippen LogP contribution in [0.25, 0.3) is 0 Å². The number of hydrogen-bond donors (Lipinski definition) is 1. The zero-order valence-corrected chi connectivity index (χ0v) is 9.40. The number of hydrogen-bond acceptors (Lipinski definition) is 3. The van der Waals surface area contributed by atoms with E-state index in [1.807, 2.05) is 0 Å². The van der Waals surface area contributed by atoms with Gasteiger partial charge in [0, 0.05) is 18.3 Å². The first-order chi connectivity index (χ1) is 6.53. The molecule has 1 aliphatic heterocycles. The third kappa shape index (κ3) is 3.84. The van der Waals surface area contributed by atoms with Gasteiger partial charge < -0.3 is 5.32 Å². The van der Waals surface area contributed by atoms with Crippen LogP contribution in [0.15, 0.2) is 0 Å². The monoisotopic (exact) mass is 239 g/mol. The molecule has 0 aromatic heterocycles. The van der Waals surface area contributed by atoms with Crippen molar-refractivity contribution in [2.45, 2.75) is 25.3 Å². The van der Waals surface area contributed by atoms with E-state index < -0.39 is 9.84 Å². The third-order valence-corrected chi connectivity index (χ3v) is 4.16. The molecule has 1 saturated heterocycles. The normalized spacial score (nSPS) is 25.6. The molecule has 14 heavy (non-hydrogen) atoms. The molecule has 4 nitrogen and oxygen atoms in total. The van der Waals surface area contributed by atoms with Crippen molar-refractivity contribution in [3.8, 4) is 0 Å². The molecule has 1 fully saturated rings. The standard InChI is InChI=1S/C8H14ClNO3S/c9-4-3-8(11)10-7-2-1-5-14(12,13)6-7/h7H,1-6H2,(H,10,11). The van der Waals surface area contributed by atoms with Crippen molar-refractivity contribution in [3.63, 3.8) is 0 Å². The Labute approximate surface area is 88.9 Å². The number of sulfone groups is 1. The van der Waals surface area contributed by atoms with Crippen LogP contribution in [0.1, 0.15) is 19.3 Å². The van der Waals surface area contributed by atoms with Gasteiger partial charge in [0.05, 0.1) is 11.5 Å². The predicted molar refractivity (Wildman–Crippen MR) is 55.2 cm³/mol. The van der Waals surface area contributed by atoms with E-state index in [9.17, 15) is 13.2 Å². The van der Waals surface area contributed by atoms with E-state index in [1.54, 1.807) is 0 Å². The van der Waals surface area contributed by atoms with Crippen LogP contribution in [0.4, 0.5) is 0 Å². The first-order valence-electron chi connectivity index (χ1n) is 4.59. The fourth-order valence-electron chi connectivity index (χ4n) is 1.52. The SMILES string of the molecule is O=C(CCCl)NC1CCCS(=O)(=O)C1. The maximum Gasteiger partial charge on any atom is 0.221 e. The maximum absolute atomic E-state index is 11.2. The van der Waals surface area contributed by atoms with Crippen LogP contribution in [0.2, 0.25) is 0 Å². The van der Waals surface area contributed by atoms with Crippen LogP contribution in [-0.4, -0.2) is 37.8 Å². The molecule has 0 saturated carbocycles. The minimum atomic E-state index is -2.94. The average Bonchev–Trinajstić information content (AvgIpc) is 2.02. The number of alkyl halides is 1. The van der Waals surface area contributed by atoms with E-state index in [0.717, 1.165) is 6.42 Å². The lowest BCUT2D eigenvalue weighted by atomic mass is 10.2. The zero-order chi connectivity index (χ0) is 10.6. The summed E-state index contributed by atoms with van der Waals surface area (Å²) in [6.45, 7) is 0. The Kier molecular flexibility index (Phi) is 4.19. The maximum atomic E-state index is 11.2. The summed E-state index contributed by atoms with van der Waals surface area (Å²) in [5, 5.41) is 2.67. The second kappa shape index (κ2) is 4.98. The summed E-state index contributed by atoms with van der Waals surface area (Å²) < 4.78 is 22.4. The van der Waals surface area contributed by atoms with Gasteiger partial charge >= 0.3 is 0 Å². The highest BCUT2D eigenvalue weighted by Crippen LogP contribution is 2.11. The number of rotatable bonds is 3. The highest BCUT2D eigenvalue weighted by molar-refractivity contribution is 7.91. The molecule has 82 valence electrons. The third-order valence-electron chi connectivity index (χ3n) is 2.15. The molecular formula is C8H14ClNO3S. The lowest BCUT2D eigenvalue weighted by Crippen LogP contribution is -2.43. The van der Waals surface area contributed by atoms with E-state index >= 15 is 0 Å². The molecule has 0 aromatic rings. The van der Waals surface area contributed by atoms with Crippen LogP contribution in [0.3, 0.4) is 0 Å². The summed E-state index contributed by atoms with van der Waals surface area (Å²) in [5.74, 6) is 0.420. The Bertz CT molecular complexity index is 302. The van der Waals surface area contributed by atoms with Gasteiger partial charge in [0.25, 0.3) is 0 Å². The first kappa shape index (κ1) is 11.8. The van der Waals surface area contributed by atoms with Gasteiger partial charge in [-0.05, 0) is 12.8 Å². The van der Waals surface area contributed by atoms with E-state index in [0.29, 0.717) is 6.42 Å². The minimum absolute atomic E-state index is 0.0705. The van der Waals surface area contributed by atoms with Crippen molar-refractivity contribution in [1.29, 1.82) is 0 Å². The van der Waals surface area contributed by atoms with Gasteiger partial charge in [-0.15, -0.1) is 11.6 Å². The number of halogens is 1. The van der Waals surface area contributed by atoms with Crippen molar-refractivity contribution in [1.82, 2.24) is 5.32 Å². The van der Waals surface area contributed by atoms with Gasteiger partial charge in [0.15, 0.2) is 9.84 Å². The summed E-state index contributed by atoms with van der Waals surface area (Å²) in [6.07, 6.45) is 1.62. The van der Waals surface area contributed by atoms with Crippen LogP contribution < -0.4 is 5.32 Å². The lowest BCUT2D eigenvalue weighted by Gasteiger charge is -2.22. The molecule has 0 radical (unpaired) electrons. The zero-order valence-electron chi connectivity index (χ0n) is 7.83. The van der Waals surface area contributed by atoms with Gasteiger partial charge in [-0.1, -0.05) is 0 Å². The van der Waals surface area contributed by atoms with Crippen molar-refractivity contribution in [2.24, 2.45) is 0 Å². The van der Waals surface area contributed by atoms with Gasteiger partial charge in [-0.3, -0.25) is 4.79 Å². The summed E-state index contributed by atoms with van der Waals surface area (Å²) in [5.41, 5.74) is 0. The van der Waals surface area contributed by atoms with Crippen molar-refractivity contribution in [2.75, 3.05) is 17.4 Å². The molecule has 0 aromatic carbocycles. The van der Waals surface area contributed by atoms with Crippen LogP contribution in [0.5, 0.6) is 0 Å². The second-order valence-corrected chi connectivity index (χ2v) is 6.07. The molecule has 1 rings (SSSR count). The summed E-state index contributed by atoms with van der Waals surface area (Å²) >= 11 is 5.39. The Hall–Kier alpha value is -0.290. The Morgan fingerprint density at radius 2 is 2.21 bits per heavy atom. The fourth-order valence-corrected chi connectivity index (χ4v) is 3.33. The smallest absolute Gasteiger partial charge is 0.221 e. The number of carbonyl (C=O) groups excluding carboxylic acids is 1. The molecular weight excluding hydrogens is 226 g/mol. The van der Waals surface area contributed by atoms with Gasteiger partial charge in [-0.25, -0.2) is 8.42 Å². The van der Waals surface area contributed by atoms with Gasteiger partial charge in [-0.2, -0.15) is 0 Å². The summed E-state index contributed by atoms with van der Waals surface area (Å²) in [6, 6.07) is -0.218. The highest BCUT2D eigenvalue weighted by atomic mass is 35.5. The Balaban J connectivity index is 2.42. The number of carbonyl (C=O) groups is 1. The molecule has 6 heteroatoms. The largest absolute Gasteiger partial charge is 0.352 e. The van der Waals surface area contributed by atoms with E-state index in [-0.39, 0.29) is 35.8 Å². The van der Waals surface area contributed by atoms with Crippen LogP contribution in [0, 0.1) is 0 Å². The van der Waals surface area contributed by atoms with Crippen LogP contribution in [-0.2, 0) is 14.6 Å². The summed E-state index contributed by atoms with van der Waals surface area (Å²) in [4.78, 5) is 11.1. The first-order valence-corrected chi connectivity index (χ1v) is 6.95. The summed E-state index contributed by atoms with van der Waals surface area (Å²) in [7, 11) is -2.94. The Morgan fingerprint density at radius 3 is 2.79 bits per heavy atom. The molecule has 1 aliphatic rings. The van der Waals surface area contributed by atoms with Crippen LogP contribution >= 0.6 is 11.6 Å². The Morgan fingerprint density at radius 1 is 1.50 bits per heavy atom. The van der Waals surface area contributed by atoms with Crippen molar-refractivity contribution >= 4 is 27.3 Å². The van der Waals surface area contributed by atoms with E-state index in [4.69, 9.17) is 11.6 Å². The second-order valence-electron chi connectivity index (χ2n) is 3.46. The minimum Gasteiger partial charge on any atom is -0.352 e. The molecule has 1 amide bonds. The molecule has 0 bridgehead atoms. The quantitative estimate of drug-likeness (QED) is 0.721. The molecule has 1 heterocycles. The molecule has 1 N–H and O–H groups in total. The lowest BCUT2D eigenvalue weighted by molar-refractivity contribution is -0.121. The van der Waals surface area contributed by atoms with Crippen molar-refractivity contribution < 1.29 is 13.2 Å². The molecule has 1 unspecified atom stereocenters. The van der Waals surface area contributed by atoms with Gasteiger partial charge in [0.2, 0.25) is 5.91 Å². The molecule has 0 spiro atoms. The highest BCUT2D eigenvalue weighted by Gasteiger charge is 2.25. The fraction of sp³-hybridized carbons (Fsp3) is 0.875. The van der Waals surface area contributed by atoms with E-state index in [2.05, 4.69) is 5.32 Å². The predicted octanol–water partition coefficient (Wildman–Crippen LogP) is 0.309. The van der Waals surface area contributed by atoms with Crippen molar-refractivity contribution in [3.05, 3.63) is 0 Å². The van der Waals surface area contributed by atoms with Gasteiger partial charge in [0.1, 0.15) is 0 Å². The topological polar surface area (TPSA) is 63.2 Å².